The van der Waals surface area contributed by atoms with Crippen LogP contribution in [-0.2, 0) is 6.18 Å². The number of hydrogen-bond donors (Lipinski definition) is 0. The maximum atomic E-state index is 14.6. The maximum absolute atomic E-state index is 14.6. The van der Waals surface area contributed by atoms with E-state index in [1.54, 1.807) is 25.1 Å². The zero-order valence-electron chi connectivity index (χ0n) is 27.8. The molecule has 0 saturated heterocycles. The van der Waals surface area contributed by atoms with E-state index < -0.39 is 11.7 Å². The minimum absolute atomic E-state index is 0.0141. The Hall–Kier alpha value is -5.80. The molecule has 0 bridgehead atoms. The fourth-order valence-corrected chi connectivity index (χ4v) is 7.52. The van der Waals surface area contributed by atoms with Gasteiger partial charge in [0.2, 0.25) is 0 Å². The lowest BCUT2D eigenvalue weighted by atomic mass is 9.90. The van der Waals surface area contributed by atoms with Crippen LogP contribution in [0.2, 0.25) is 0 Å². The molecule has 6 heteroatoms. The molecule has 240 valence electrons. The Morgan fingerprint density at radius 3 is 1.33 bits per heavy atom. The first-order chi connectivity index (χ1) is 23.4. The van der Waals surface area contributed by atoms with E-state index >= 15 is 0 Å². The van der Waals surface area contributed by atoms with Crippen LogP contribution in [0.15, 0.2) is 103 Å². The summed E-state index contributed by atoms with van der Waals surface area (Å²) in [5.41, 5.74) is 9.69. The van der Waals surface area contributed by atoms with Gasteiger partial charge in [0.15, 0.2) is 0 Å². The fraction of sp³-hybridized carbons (Fsp3) is 0.140. The molecule has 0 N–H and O–H groups in total. The van der Waals surface area contributed by atoms with Crippen LogP contribution in [0.25, 0.3) is 66.1 Å². The third-order valence-electron chi connectivity index (χ3n) is 9.72. The topological polar surface area (TPSA) is 33.6 Å². The summed E-state index contributed by atoms with van der Waals surface area (Å²) in [5, 5.41) is 14.9. The van der Waals surface area contributed by atoms with Gasteiger partial charge in [0.1, 0.15) is 0 Å². The standard InChI is InChI=1S/C43H32F3N3/c1-24-9-13-36-31(17-24)32-18-25(2)10-14-37(32)48(36)40-21-29(23-47)30(42-28(5)7-6-8-35(42)43(44,45)46)22-41(40)49-38-15-11-26(3)19-33(38)34-20-27(4)12-16-39(34)49/h6-22H,1-5H3. The van der Waals surface area contributed by atoms with Gasteiger partial charge in [-0.25, -0.2) is 0 Å². The summed E-state index contributed by atoms with van der Waals surface area (Å²) in [5.74, 6) is 0. The summed E-state index contributed by atoms with van der Waals surface area (Å²) < 4.78 is 48.2. The molecule has 0 spiro atoms. The lowest BCUT2D eigenvalue weighted by Crippen LogP contribution is -2.10. The number of fused-ring (bicyclic) bond motifs is 6. The molecule has 8 rings (SSSR count). The average molecular weight is 648 g/mol. The van der Waals surface area contributed by atoms with Crippen molar-refractivity contribution in [3.8, 4) is 28.6 Å². The van der Waals surface area contributed by atoms with Gasteiger partial charge in [-0.1, -0.05) is 58.7 Å². The number of aromatic nitrogens is 2. The van der Waals surface area contributed by atoms with Gasteiger partial charge in [-0.05, 0) is 112 Å². The Kier molecular flexibility index (Phi) is 6.77. The van der Waals surface area contributed by atoms with Gasteiger partial charge in [-0.2, -0.15) is 18.4 Å². The van der Waals surface area contributed by atoms with Crippen LogP contribution < -0.4 is 0 Å². The lowest BCUT2D eigenvalue weighted by Gasteiger charge is -2.22. The zero-order chi connectivity index (χ0) is 34.4. The second-order valence-corrected chi connectivity index (χ2v) is 13.2. The van der Waals surface area contributed by atoms with Crippen molar-refractivity contribution >= 4 is 43.6 Å². The second-order valence-electron chi connectivity index (χ2n) is 13.2. The molecule has 0 fully saturated rings. The smallest absolute Gasteiger partial charge is 0.307 e. The van der Waals surface area contributed by atoms with Crippen molar-refractivity contribution in [3.63, 3.8) is 0 Å². The molecule has 0 aliphatic rings. The van der Waals surface area contributed by atoms with Crippen molar-refractivity contribution in [2.45, 2.75) is 40.8 Å². The van der Waals surface area contributed by atoms with Crippen LogP contribution in [0.3, 0.4) is 0 Å². The molecule has 0 atom stereocenters. The molecule has 0 aliphatic heterocycles. The molecule has 0 amide bonds. The number of nitriles is 1. The largest absolute Gasteiger partial charge is 0.417 e. The fourth-order valence-electron chi connectivity index (χ4n) is 7.52. The Labute approximate surface area is 282 Å². The van der Waals surface area contributed by atoms with E-state index in [-0.39, 0.29) is 16.7 Å². The maximum Gasteiger partial charge on any atom is 0.417 e. The highest BCUT2D eigenvalue weighted by Crippen LogP contribution is 2.45. The first kappa shape index (κ1) is 30.5. The molecule has 3 nitrogen and oxygen atoms in total. The lowest BCUT2D eigenvalue weighted by molar-refractivity contribution is -0.137. The number of rotatable bonds is 3. The minimum Gasteiger partial charge on any atom is -0.307 e. The van der Waals surface area contributed by atoms with Crippen molar-refractivity contribution in [2.24, 2.45) is 0 Å². The van der Waals surface area contributed by atoms with E-state index in [0.29, 0.717) is 16.9 Å². The predicted octanol–water partition coefficient (Wildman–Crippen LogP) is 12.0. The summed E-state index contributed by atoms with van der Waals surface area (Å²) in [6.45, 7) is 9.91. The molecule has 49 heavy (non-hydrogen) atoms. The number of nitrogens with zero attached hydrogens (tertiary/aromatic N) is 3. The van der Waals surface area contributed by atoms with Gasteiger partial charge < -0.3 is 9.13 Å². The van der Waals surface area contributed by atoms with Crippen molar-refractivity contribution in [1.29, 1.82) is 5.26 Å². The molecule has 0 saturated carbocycles. The third-order valence-corrected chi connectivity index (χ3v) is 9.72. The first-order valence-electron chi connectivity index (χ1n) is 16.2. The molecule has 0 radical (unpaired) electrons. The number of hydrogen-bond acceptors (Lipinski definition) is 1. The monoisotopic (exact) mass is 647 g/mol. The van der Waals surface area contributed by atoms with E-state index in [0.717, 1.165) is 71.9 Å². The van der Waals surface area contributed by atoms with Crippen LogP contribution in [0.5, 0.6) is 0 Å². The molecule has 0 unspecified atom stereocenters. The first-order valence-corrected chi connectivity index (χ1v) is 16.2. The molecule has 2 heterocycles. The normalized spacial score (nSPS) is 12.1. The molecule has 6 aromatic carbocycles. The summed E-state index contributed by atoms with van der Waals surface area (Å²) >= 11 is 0. The number of benzene rings is 6. The van der Waals surface area contributed by atoms with Crippen molar-refractivity contribution in [1.82, 2.24) is 9.13 Å². The van der Waals surface area contributed by atoms with E-state index in [9.17, 15) is 18.4 Å². The van der Waals surface area contributed by atoms with Crippen molar-refractivity contribution in [3.05, 3.63) is 142 Å². The predicted molar refractivity (Wildman–Crippen MR) is 194 cm³/mol. The summed E-state index contributed by atoms with van der Waals surface area (Å²) in [6, 6.07) is 35.3. The van der Waals surface area contributed by atoms with Gasteiger partial charge in [-0.3, -0.25) is 0 Å². The molecule has 2 aromatic heterocycles. The number of halogens is 3. The van der Waals surface area contributed by atoms with Crippen LogP contribution >= 0.6 is 0 Å². The van der Waals surface area contributed by atoms with Crippen molar-refractivity contribution in [2.75, 3.05) is 0 Å². The summed E-state index contributed by atoms with van der Waals surface area (Å²) in [7, 11) is 0. The zero-order valence-corrected chi connectivity index (χ0v) is 27.8. The quantitative estimate of drug-likeness (QED) is 0.188. The SMILES string of the molecule is Cc1ccc2c(c1)c1cc(C)ccc1n2-c1cc(C#N)c(-c2c(C)cccc2C(F)(F)F)cc1-n1c2ccc(C)cc2c2cc(C)ccc21. The van der Waals surface area contributed by atoms with Gasteiger partial charge in [-0.15, -0.1) is 0 Å². The van der Waals surface area contributed by atoms with E-state index in [1.807, 2.05) is 0 Å². The van der Waals surface area contributed by atoms with Gasteiger partial charge in [0.05, 0.1) is 50.6 Å². The van der Waals surface area contributed by atoms with Crippen LogP contribution in [0.1, 0.15) is 38.9 Å². The third kappa shape index (κ3) is 4.72. The van der Waals surface area contributed by atoms with Crippen LogP contribution in [0, 0.1) is 45.9 Å². The average Bonchev–Trinajstić information content (AvgIpc) is 3.54. The van der Waals surface area contributed by atoms with E-state index in [2.05, 4.69) is 116 Å². The van der Waals surface area contributed by atoms with Gasteiger partial charge >= 0.3 is 6.18 Å². The molecule has 0 aliphatic carbocycles. The van der Waals surface area contributed by atoms with E-state index in [1.165, 1.54) is 6.07 Å². The molecule has 8 aromatic rings. The summed E-state index contributed by atoms with van der Waals surface area (Å²) in [6.07, 6.45) is -4.61. The second kappa shape index (κ2) is 10.9. The Bertz CT molecular complexity index is 2600. The molecular formula is C43H32F3N3. The van der Waals surface area contributed by atoms with Crippen LogP contribution in [-0.4, -0.2) is 9.13 Å². The Morgan fingerprint density at radius 1 is 0.531 bits per heavy atom. The highest BCUT2D eigenvalue weighted by Gasteiger charge is 2.35. The minimum atomic E-state index is -4.61. The van der Waals surface area contributed by atoms with Gasteiger partial charge in [0, 0.05) is 27.1 Å². The van der Waals surface area contributed by atoms with Crippen LogP contribution in [0.4, 0.5) is 13.2 Å². The van der Waals surface area contributed by atoms with Crippen molar-refractivity contribution < 1.29 is 13.2 Å². The van der Waals surface area contributed by atoms with E-state index in [4.69, 9.17) is 0 Å². The highest BCUT2D eigenvalue weighted by atomic mass is 19.4. The summed E-state index contributed by atoms with van der Waals surface area (Å²) in [4.78, 5) is 0. The number of aryl methyl sites for hydroxylation is 5. The highest BCUT2D eigenvalue weighted by molar-refractivity contribution is 6.12. The number of alkyl halides is 3. The Balaban J connectivity index is 1.61. The Morgan fingerprint density at radius 2 is 0.939 bits per heavy atom. The molecular weight excluding hydrogens is 615 g/mol. The van der Waals surface area contributed by atoms with Gasteiger partial charge in [0.25, 0.3) is 0 Å².